The van der Waals surface area contributed by atoms with Crippen molar-refractivity contribution in [2.24, 2.45) is 0 Å². The number of carbonyl (C=O) groups is 1. The fraction of sp³-hybridized carbons (Fsp3) is 0.381. The van der Waals surface area contributed by atoms with E-state index in [1.165, 1.54) is 0 Å². The third-order valence-electron chi connectivity index (χ3n) is 5.37. The first-order valence-corrected chi connectivity index (χ1v) is 9.31. The summed E-state index contributed by atoms with van der Waals surface area (Å²) in [7, 11) is 0. The summed E-state index contributed by atoms with van der Waals surface area (Å²) in [4.78, 5) is 16.7. The van der Waals surface area contributed by atoms with E-state index in [2.05, 4.69) is 4.90 Å². The van der Waals surface area contributed by atoms with E-state index in [4.69, 9.17) is 10.5 Å². The number of carbonyl (C=O) groups excluding carboxylic acids is 1. The van der Waals surface area contributed by atoms with E-state index in [1.54, 1.807) is 17.9 Å². The molecule has 0 unspecified atom stereocenters. The number of alkyl halides is 1. The van der Waals surface area contributed by atoms with Crippen molar-refractivity contribution in [1.82, 2.24) is 4.90 Å². The average molecular weight is 369 g/mol. The SMILES string of the molecule is CC1(F)CCN(C(=O)c2ccc3c(c2)OCCN3c2ccc(N)cc2)CC1. The van der Waals surface area contributed by atoms with Gasteiger partial charge in [0, 0.05) is 30.0 Å². The van der Waals surface area contributed by atoms with Crippen LogP contribution in [0.4, 0.5) is 21.5 Å². The second kappa shape index (κ2) is 6.76. The van der Waals surface area contributed by atoms with Gasteiger partial charge in [0.25, 0.3) is 5.91 Å². The number of amides is 1. The number of benzene rings is 2. The Labute approximate surface area is 158 Å². The van der Waals surface area contributed by atoms with Crippen molar-refractivity contribution in [3.8, 4) is 5.75 Å². The lowest BCUT2D eigenvalue weighted by atomic mass is 9.95. The zero-order valence-electron chi connectivity index (χ0n) is 15.5. The van der Waals surface area contributed by atoms with Gasteiger partial charge in [-0.1, -0.05) is 0 Å². The molecule has 2 aromatic rings. The summed E-state index contributed by atoms with van der Waals surface area (Å²) in [5, 5.41) is 0. The van der Waals surface area contributed by atoms with Crippen LogP contribution in [0.25, 0.3) is 0 Å². The molecule has 6 heteroatoms. The molecule has 2 aliphatic heterocycles. The van der Waals surface area contributed by atoms with E-state index in [1.807, 2.05) is 36.4 Å². The zero-order valence-corrected chi connectivity index (χ0v) is 15.5. The van der Waals surface area contributed by atoms with Gasteiger partial charge in [-0.15, -0.1) is 0 Å². The largest absolute Gasteiger partial charge is 0.490 e. The highest BCUT2D eigenvalue weighted by Gasteiger charge is 2.32. The van der Waals surface area contributed by atoms with Crippen LogP contribution in [0.15, 0.2) is 42.5 Å². The van der Waals surface area contributed by atoms with Gasteiger partial charge in [-0.25, -0.2) is 4.39 Å². The Morgan fingerprint density at radius 2 is 1.81 bits per heavy atom. The van der Waals surface area contributed by atoms with Crippen LogP contribution in [0.3, 0.4) is 0 Å². The number of likely N-dealkylation sites (tertiary alicyclic amines) is 1. The molecule has 0 saturated carbocycles. The zero-order chi connectivity index (χ0) is 19.0. The second-order valence-electron chi connectivity index (χ2n) is 7.48. The average Bonchev–Trinajstić information content (AvgIpc) is 2.67. The lowest BCUT2D eigenvalue weighted by Gasteiger charge is -2.35. The fourth-order valence-electron chi connectivity index (χ4n) is 3.63. The van der Waals surface area contributed by atoms with Gasteiger partial charge in [0.05, 0.1) is 12.2 Å². The van der Waals surface area contributed by atoms with Gasteiger partial charge >= 0.3 is 0 Å². The Kier molecular flexibility index (Phi) is 4.42. The van der Waals surface area contributed by atoms with E-state index in [-0.39, 0.29) is 5.91 Å². The first-order valence-electron chi connectivity index (χ1n) is 9.31. The Balaban J connectivity index is 1.56. The number of piperidine rings is 1. The number of rotatable bonds is 2. The quantitative estimate of drug-likeness (QED) is 0.819. The number of anilines is 3. The monoisotopic (exact) mass is 369 g/mol. The minimum absolute atomic E-state index is 0.0680. The molecule has 27 heavy (non-hydrogen) atoms. The molecule has 2 aromatic carbocycles. The van der Waals surface area contributed by atoms with Crippen molar-refractivity contribution in [3.63, 3.8) is 0 Å². The van der Waals surface area contributed by atoms with E-state index in [0.29, 0.717) is 43.9 Å². The highest BCUT2D eigenvalue weighted by molar-refractivity contribution is 5.95. The summed E-state index contributed by atoms with van der Waals surface area (Å²) < 4.78 is 19.8. The van der Waals surface area contributed by atoms with E-state index in [9.17, 15) is 9.18 Å². The first kappa shape index (κ1) is 17.6. The van der Waals surface area contributed by atoms with E-state index >= 15 is 0 Å². The third kappa shape index (κ3) is 3.56. The number of halogens is 1. The highest BCUT2D eigenvalue weighted by atomic mass is 19.1. The van der Waals surface area contributed by atoms with Crippen molar-refractivity contribution in [3.05, 3.63) is 48.0 Å². The molecule has 0 spiro atoms. The summed E-state index contributed by atoms with van der Waals surface area (Å²) >= 11 is 0. The predicted molar refractivity (Wildman–Crippen MR) is 104 cm³/mol. The molecular formula is C21H24FN3O2. The third-order valence-corrected chi connectivity index (χ3v) is 5.37. The standard InChI is InChI=1S/C21H24FN3O2/c1-21(22)8-10-24(11-9-21)20(26)15-2-7-18-19(14-15)27-13-12-25(18)17-5-3-16(23)4-6-17/h2-7,14H,8-13,23H2,1H3. The van der Waals surface area contributed by atoms with Gasteiger partial charge in [0.1, 0.15) is 18.0 Å². The Morgan fingerprint density at radius 1 is 1.11 bits per heavy atom. The number of fused-ring (bicyclic) bond motifs is 1. The lowest BCUT2D eigenvalue weighted by molar-refractivity contribution is 0.0503. The van der Waals surface area contributed by atoms with Gasteiger partial charge in [0.15, 0.2) is 0 Å². The minimum atomic E-state index is -1.17. The van der Waals surface area contributed by atoms with Crippen molar-refractivity contribution >= 4 is 23.0 Å². The molecule has 5 nitrogen and oxygen atoms in total. The molecule has 0 aliphatic carbocycles. The van der Waals surface area contributed by atoms with Crippen LogP contribution in [0, 0.1) is 0 Å². The smallest absolute Gasteiger partial charge is 0.253 e. The van der Waals surface area contributed by atoms with Crippen LogP contribution in [0.5, 0.6) is 5.75 Å². The molecule has 1 amide bonds. The molecule has 2 aliphatic rings. The van der Waals surface area contributed by atoms with Gasteiger partial charge in [-0.3, -0.25) is 4.79 Å². The van der Waals surface area contributed by atoms with Crippen molar-refractivity contribution in [2.75, 3.05) is 36.9 Å². The molecule has 1 saturated heterocycles. The molecule has 142 valence electrons. The highest BCUT2D eigenvalue weighted by Crippen LogP contribution is 2.38. The van der Waals surface area contributed by atoms with Gasteiger partial charge < -0.3 is 20.3 Å². The van der Waals surface area contributed by atoms with Crippen molar-refractivity contribution < 1.29 is 13.9 Å². The van der Waals surface area contributed by atoms with Gasteiger partial charge in [-0.2, -0.15) is 0 Å². The summed E-state index contributed by atoms with van der Waals surface area (Å²) in [5.74, 6) is 0.623. The maximum absolute atomic E-state index is 14.0. The summed E-state index contributed by atoms with van der Waals surface area (Å²) in [6.45, 7) is 3.76. The number of nitrogen functional groups attached to an aromatic ring is 1. The van der Waals surface area contributed by atoms with Crippen LogP contribution in [0.2, 0.25) is 0 Å². The van der Waals surface area contributed by atoms with Gasteiger partial charge in [-0.05, 0) is 62.2 Å². The molecule has 0 aromatic heterocycles. The number of nitrogens with two attached hydrogens (primary N) is 1. The normalized spacial score (nSPS) is 18.6. The maximum atomic E-state index is 14.0. The van der Waals surface area contributed by atoms with E-state index in [0.717, 1.165) is 23.6 Å². The molecule has 0 radical (unpaired) electrons. The summed E-state index contributed by atoms with van der Waals surface area (Å²) in [6, 6.07) is 13.2. The van der Waals surface area contributed by atoms with Crippen LogP contribution in [-0.2, 0) is 0 Å². The maximum Gasteiger partial charge on any atom is 0.253 e. The second-order valence-corrected chi connectivity index (χ2v) is 7.48. The molecular weight excluding hydrogens is 345 g/mol. The molecule has 0 atom stereocenters. The van der Waals surface area contributed by atoms with Crippen LogP contribution >= 0.6 is 0 Å². The lowest BCUT2D eigenvalue weighted by Crippen LogP contribution is -2.43. The number of nitrogens with zero attached hydrogens (tertiary/aromatic N) is 2. The van der Waals surface area contributed by atoms with Gasteiger partial charge in [0.2, 0.25) is 0 Å². The van der Waals surface area contributed by atoms with E-state index < -0.39 is 5.67 Å². The fourth-order valence-corrected chi connectivity index (χ4v) is 3.63. The Bertz CT molecular complexity index is 841. The molecule has 4 rings (SSSR count). The van der Waals surface area contributed by atoms with Crippen LogP contribution < -0.4 is 15.4 Å². The van der Waals surface area contributed by atoms with Crippen molar-refractivity contribution in [1.29, 1.82) is 0 Å². The Morgan fingerprint density at radius 3 is 2.52 bits per heavy atom. The number of hydrogen-bond donors (Lipinski definition) is 1. The van der Waals surface area contributed by atoms with Crippen LogP contribution in [0.1, 0.15) is 30.1 Å². The minimum Gasteiger partial charge on any atom is -0.490 e. The van der Waals surface area contributed by atoms with Crippen molar-refractivity contribution in [2.45, 2.75) is 25.4 Å². The number of ether oxygens (including phenoxy) is 1. The molecule has 2 N–H and O–H groups in total. The molecule has 1 fully saturated rings. The topological polar surface area (TPSA) is 58.8 Å². The van der Waals surface area contributed by atoms with Crippen LogP contribution in [-0.4, -0.2) is 42.7 Å². The molecule has 2 heterocycles. The number of hydrogen-bond acceptors (Lipinski definition) is 4. The summed E-state index contributed by atoms with van der Waals surface area (Å²) in [5.41, 5.74) is 7.87. The molecule has 0 bridgehead atoms. The first-order chi connectivity index (χ1) is 12.9. The predicted octanol–water partition coefficient (Wildman–Crippen LogP) is 3.76. The Hall–Kier alpha value is -2.76. The summed E-state index contributed by atoms with van der Waals surface area (Å²) in [6.07, 6.45) is 0.760.